The number of carbonyl (C=O) groups excluding carboxylic acids is 1. The van der Waals surface area contributed by atoms with Gasteiger partial charge >= 0.3 is 0 Å². The highest BCUT2D eigenvalue weighted by atomic mass is 16.5. The van der Waals surface area contributed by atoms with E-state index in [4.69, 9.17) is 4.74 Å². The van der Waals surface area contributed by atoms with E-state index in [1.807, 2.05) is 6.92 Å². The van der Waals surface area contributed by atoms with Crippen LogP contribution in [0.25, 0.3) is 0 Å². The minimum Gasteiger partial charge on any atom is -0.383 e. The van der Waals surface area contributed by atoms with Crippen molar-refractivity contribution in [2.24, 2.45) is 0 Å². The Morgan fingerprint density at radius 1 is 1.39 bits per heavy atom. The van der Waals surface area contributed by atoms with Crippen LogP contribution in [0.1, 0.15) is 40.0 Å². The average molecular weight is 257 g/mol. The minimum absolute atomic E-state index is 0.0181. The molecule has 1 aliphatic heterocycles. The SMILES string of the molecule is COCC(C)NC(=O)CNN1C(C)CCCC1C. The van der Waals surface area contributed by atoms with E-state index in [0.29, 0.717) is 25.2 Å². The average Bonchev–Trinajstić information content (AvgIpc) is 2.28. The summed E-state index contributed by atoms with van der Waals surface area (Å²) >= 11 is 0. The second-order valence-corrected chi connectivity index (χ2v) is 5.30. The fraction of sp³-hybridized carbons (Fsp3) is 0.923. The molecule has 0 radical (unpaired) electrons. The van der Waals surface area contributed by atoms with Crippen LogP contribution in [0.4, 0.5) is 0 Å². The Hall–Kier alpha value is -0.650. The van der Waals surface area contributed by atoms with Crippen molar-refractivity contribution in [1.29, 1.82) is 0 Å². The number of rotatable bonds is 6. The van der Waals surface area contributed by atoms with Crippen LogP contribution in [-0.4, -0.2) is 49.3 Å². The molecule has 1 amide bonds. The minimum atomic E-state index is 0.0181. The molecule has 5 nitrogen and oxygen atoms in total. The molecule has 1 aliphatic rings. The van der Waals surface area contributed by atoms with E-state index in [1.165, 1.54) is 19.3 Å². The standard InChI is InChI=1S/C13H27N3O2/c1-10(9-18-4)15-13(17)8-14-16-11(2)6-5-7-12(16)3/h10-12,14H,5-9H2,1-4H3,(H,15,17). The van der Waals surface area contributed by atoms with Gasteiger partial charge in [0.1, 0.15) is 0 Å². The van der Waals surface area contributed by atoms with Crippen LogP contribution in [0.2, 0.25) is 0 Å². The molecular weight excluding hydrogens is 230 g/mol. The Labute approximate surface area is 110 Å². The van der Waals surface area contributed by atoms with E-state index in [9.17, 15) is 4.79 Å². The van der Waals surface area contributed by atoms with Crippen molar-refractivity contribution >= 4 is 5.91 Å². The third-order valence-corrected chi connectivity index (χ3v) is 3.44. The second kappa shape index (κ2) is 7.71. The van der Waals surface area contributed by atoms with Gasteiger partial charge in [0.2, 0.25) is 5.91 Å². The van der Waals surface area contributed by atoms with Crippen LogP contribution < -0.4 is 10.7 Å². The first-order chi connectivity index (χ1) is 8.54. The zero-order valence-electron chi connectivity index (χ0n) is 12.0. The van der Waals surface area contributed by atoms with E-state index in [0.717, 1.165) is 0 Å². The monoisotopic (exact) mass is 257 g/mol. The zero-order valence-corrected chi connectivity index (χ0v) is 12.0. The predicted octanol–water partition coefficient (Wildman–Crippen LogP) is 0.905. The molecule has 3 unspecified atom stereocenters. The van der Waals surface area contributed by atoms with Gasteiger partial charge in [0.15, 0.2) is 0 Å². The smallest absolute Gasteiger partial charge is 0.235 e. The highest BCUT2D eigenvalue weighted by molar-refractivity contribution is 5.78. The Morgan fingerprint density at radius 2 is 2.00 bits per heavy atom. The molecule has 18 heavy (non-hydrogen) atoms. The van der Waals surface area contributed by atoms with Crippen molar-refractivity contribution < 1.29 is 9.53 Å². The molecule has 1 saturated heterocycles. The molecule has 1 heterocycles. The summed E-state index contributed by atoms with van der Waals surface area (Å²) < 4.78 is 4.99. The Bertz CT molecular complexity index is 251. The maximum Gasteiger partial charge on any atom is 0.235 e. The molecule has 1 rings (SSSR count). The lowest BCUT2D eigenvalue weighted by Crippen LogP contribution is -2.55. The number of piperidine rings is 1. The first kappa shape index (κ1) is 15.4. The summed E-state index contributed by atoms with van der Waals surface area (Å²) in [6.45, 7) is 7.22. The van der Waals surface area contributed by atoms with Crippen molar-refractivity contribution in [3.05, 3.63) is 0 Å². The molecule has 3 atom stereocenters. The molecule has 0 aromatic carbocycles. The molecule has 0 aliphatic carbocycles. The molecular formula is C13H27N3O2. The fourth-order valence-corrected chi connectivity index (χ4v) is 2.51. The summed E-state index contributed by atoms with van der Waals surface area (Å²) in [6, 6.07) is 1.05. The molecule has 2 N–H and O–H groups in total. The van der Waals surface area contributed by atoms with Crippen LogP contribution in [0, 0.1) is 0 Å². The fourth-order valence-electron chi connectivity index (χ4n) is 2.51. The Balaban J connectivity index is 2.28. The van der Waals surface area contributed by atoms with Gasteiger partial charge in [-0.1, -0.05) is 6.42 Å². The van der Waals surface area contributed by atoms with Gasteiger partial charge in [-0.15, -0.1) is 0 Å². The molecule has 0 aromatic heterocycles. The lowest BCUT2D eigenvalue weighted by molar-refractivity contribution is -0.122. The van der Waals surface area contributed by atoms with Crippen molar-refractivity contribution in [3.63, 3.8) is 0 Å². The van der Waals surface area contributed by atoms with Gasteiger partial charge in [0.05, 0.1) is 13.2 Å². The molecule has 0 aromatic rings. The van der Waals surface area contributed by atoms with Crippen molar-refractivity contribution in [1.82, 2.24) is 15.8 Å². The lowest BCUT2D eigenvalue weighted by Gasteiger charge is -2.39. The summed E-state index contributed by atoms with van der Waals surface area (Å²) in [5, 5.41) is 5.11. The van der Waals surface area contributed by atoms with Crippen molar-refractivity contribution in [3.8, 4) is 0 Å². The topological polar surface area (TPSA) is 53.6 Å². The summed E-state index contributed by atoms with van der Waals surface area (Å²) in [7, 11) is 1.64. The highest BCUT2D eigenvalue weighted by Gasteiger charge is 2.24. The van der Waals surface area contributed by atoms with Gasteiger partial charge in [-0.2, -0.15) is 0 Å². The van der Waals surface area contributed by atoms with Crippen LogP contribution in [0.15, 0.2) is 0 Å². The van der Waals surface area contributed by atoms with E-state index >= 15 is 0 Å². The number of nitrogens with zero attached hydrogens (tertiary/aromatic N) is 1. The van der Waals surface area contributed by atoms with Crippen LogP contribution in [0.5, 0.6) is 0 Å². The molecule has 106 valence electrons. The molecule has 0 saturated carbocycles. The number of hydrogen-bond donors (Lipinski definition) is 2. The Morgan fingerprint density at radius 3 is 2.56 bits per heavy atom. The van der Waals surface area contributed by atoms with Gasteiger partial charge in [-0.3, -0.25) is 4.79 Å². The van der Waals surface area contributed by atoms with Gasteiger partial charge in [0.25, 0.3) is 0 Å². The van der Waals surface area contributed by atoms with E-state index < -0.39 is 0 Å². The zero-order chi connectivity index (χ0) is 13.5. The van der Waals surface area contributed by atoms with Crippen LogP contribution in [-0.2, 0) is 9.53 Å². The summed E-state index contributed by atoms with van der Waals surface area (Å²) in [5.41, 5.74) is 3.25. The number of carbonyl (C=O) groups is 1. The summed E-state index contributed by atoms with van der Waals surface area (Å²) in [4.78, 5) is 11.7. The number of amides is 1. The predicted molar refractivity (Wildman–Crippen MR) is 72.1 cm³/mol. The largest absolute Gasteiger partial charge is 0.383 e. The summed E-state index contributed by atoms with van der Waals surface area (Å²) in [5.74, 6) is 0.0181. The van der Waals surface area contributed by atoms with E-state index in [-0.39, 0.29) is 11.9 Å². The first-order valence-electron chi connectivity index (χ1n) is 6.84. The maximum absolute atomic E-state index is 11.7. The molecule has 0 bridgehead atoms. The quantitative estimate of drug-likeness (QED) is 0.742. The van der Waals surface area contributed by atoms with E-state index in [2.05, 4.69) is 29.6 Å². The maximum atomic E-state index is 11.7. The highest BCUT2D eigenvalue weighted by Crippen LogP contribution is 2.19. The normalized spacial score (nSPS) is 26.9. The number of methoxy groups -OCH3 is 1. The second-order valence-electron chi connectivity index (χ2n) is 5.30. The molecule has 0 spiro atoms. The third-order valence-electron chi connectivity index (χ3n) is 3.44. The molecule has 1 fully saturated rings. The van der Waals surface area contributed by atoms with Gasteiger partial charge < -0.3 is 10.1 Å². The van der Waals surface area contributed by atoms with Crippen molar-refractivity contribution in [2.75, 3.05) is 20.3 Å². The first-order valence-corrected chi connectivity index (χ1v) is 6.84. The Kier molecular flexibility index (Phi) is 6.60. The molecule has 5 heteroatoms. The van der Waals surface area contributed by atoms with Gasteiger partial charge in [-0.25, -0.2) is 10.4 Å². The van der Waals surface area contributed by atoms with E-state index in [1.54, 1.807) is 7.11 Å². The van der Waals surface area contributed by atoms with Crippen LogP contribution in [0.3, 0.4) is 0 Å². The van der Waals surface area contributed by atoms with Crippen molar-refractivity contribution in [2.45, 2.75) is 58.2 Å². The van der Waals surface area contributed by atoms with Gasteiger partial charge in [-0.05, 0) is 33.6 Å². The number of nitrogens with one attached hydrogen (secondary N) is 2. The van der Waals surface area contributed by atoms with Crippen LogP contribution >= 0.6 is 0 Å². The number of hydrogen-bond acceptors (Lipinski definition) is 4. The third kappa shape index (κ3) is 4.92. The summed E-state index contributed by atoms with van der Waals surface area (Å²) in [6.07, 6.45) is 3.66. The number of ether oxygens (including phenoxy) is 1. The number of hydrazine groups is 1. The lowest BCUT2D eigenvalue weighted by atomic mass is 10.00. The van der Waals surface area contributed by atoms with Gasteiger partial charge in [0, 0.05) is 25.2 Å².